The first-order valence-corrected chi connectivity index (χ1v) is 6.77. The molecule has 1 aliphatic rings. The van der Waals surface area contributed by atoms with E-state index in [0.29, 0.717) is 12.5 Å². The fourth-order valence-corrected chi connectivity index (χ4v) is 1.88. The van der Waals surface area contributed by atoms with Crippen LogP contribution in [0.1, 0.15) is 40.0 Å². The molecule has 2 amide bonds. The van der Waals surface area contributed by atoms with Crippen molar-refractivity contribution in [2.45, 2.75) is 46.1 Å². The Morgan fingerprint density at radius 2 is 2.00 bits per heavy atom. The van der Waals surface area contributed by atoms with Gasteiger partial charge in [-0.2, -0.15) is 0 Å². The standard InChI is InChI=1S/C13H24N2O3/c1-4-9(3)11(12(16)17)14-13(18)15(5-2)8-10-6-7-10/h9-11H,4-8H2,1-3H3,(H,14,18)(H,16,17). The summed E-state index contributed by atoms with van der Waals surface area (Å²) in [6.45, 7) is 7.05. The number of carboxylic acids is 1. The first kappa shape index (κ1) is 14.8. The number of carbonyl (C=O) groups is 2. The molecule has 1 fully saturated rings. The van der Waals surface area contributed by atoms with E-state index in [1.807, 2.05) is 20.8 Å². The Labute approximate surface area is 109 Å². The van der Waals surface area contributed by atoms with Gasteiger partial charge in [-0.05, 0) is 31.6 Å². The molecule has 104 valence electrons. The largest absolute Gasteiger partial charge is 0.480 e. The molecule has 0 radical (unpaired) electrons. The summed E-state index contributed by atoms with van der Waals surface area (Å²) in [5.74, 6) is -0.408. The van der Waals surface area contributed by atoms with Crippen LogP contribution in [0.5, 0.6) is 0 Å². The number of aliphatic carboxylic acids is 1. The van der Waals surface area contributed by atoms with Crippen molar-refractivity contribution >= 4 is 12.0 Å². The number of nitrogens with one attached hydrogen (secondary N) is 1. The highest BCUT2D eigenvalue weighted by molar-refractivity contribution is 5.82. The molecule has 0 aromatic heterocycles. The van der Waals surface area contributed by atoms with Gasteiger partial charge in [-0.3, -0.25) is 0 Å². The zero-order valence-electron chi connectivity index (χ0n) is 11.5. The number of hydrogen-bond acceptors (Lipinski definition) is 2. The van der Waals surface area contributed by atoms with Crippen molar-refractivity contribution in [1.29, 1.82) is 0 Å². The lowest BCUT2D eigenvalue weighted by Gasteiger charge is -2.26. The van der Waals surface area contributed by atoms with Crippen LogP contribution < -0.4 is 5.32 Å². The van der Waals surface area contributed by atoms with Gasteiger partial charge in [-0.1, -0.05) is 20.3 Å². The van der Waals surface area contributed by atoms with Crippen LogP contribution in [0, 0.1) is 11.8 Å². The molecule has 0 spiro atoms. The van der Waals surface area contributed by atoms with E-state index in [2.05, 4.69) is 5.32 Å². The van der Waals surface area contributed by atoms with E-state index < -0.39 is 12.0 Å². The van der Waals surface area contributed by atoms with Gasteiger partial charge in [0.05, 0.1) is 0 Å². The maximum Gasteiger partial charge on any atom is 0.326 e. The number of hydrogen-bond donors (Lipinski definition) is 2. The van der Waals surface area contributed by atoms with E-state index in [-0.39, 0.29) is 11.9 Å². The number of carbonyl (C=O) groups excluding carboxylic acids is 1. The SMILES string of the molecule is CCC(C)C(NC(=O)N(CC)CC1CC1)C(=O)O. The number of rotatable bonds is 7. The molecule has 18 heavy (non-hydrogen) atoms. The fraction of sp³-hybridized carbons (Fsp3) is 0.846. The summed E-state index contributed by atoms with van der Waals surface area (Å²) in [6.07, 6.45) is 3.08. The van der Waals surface area contributed by atoms with Gasteiger partial charge < -0.3 is 15.3 Å². The summed E-state index contributed by atoms with van der Waals surface area (Å²) >= 11 is 0. The quantitative estimate of drug-likeness (QED) is 0.731. The van der Waals surface area contributed by atoms with Crippen molar-refractivity contribution in [2.75, 3.05) is 13.1 Å². The lowest BCUT2D eigenvalue weighted by molar-refractivity contribution is -0.140. The Hall–Kier alpha value is -1.26. The van der Waals surface area contributed by atoms with E-state index in [9.17, 15) is 9.59 Å². The second kappa shape index (κ2) is 6.61. The first-order chi connectivity index (χ1) is 8.49. The predicted octanol–water partition coefficient (Wildman–Crippen LogP) is 1.93. The molecule has 1 saturated carbocycles. The van der Waals surface area contributed by atoms with E-state index in [1.165, 1.54) is 12.8 Å². The van der Waals surface area contributed by atoms with Crippen LogP contribution in [0.15, 0.2) is 0 Å². The Morgan fingerprint density at radius 1 is 1.39 bits per heavy atom. The predicted molar refractivity (Wildman–Crippen MR) is 69.4 cm³/mol. The summed E-state index contributed by atoms with van der Waals surface area (Å²) in [6, 6.07) is -1.05. The van der Waals surface area contributed by atoms with E-state index in [0.717, 1.165) is 13.0 Å². The highest BCUT2D eigenvalue weighted by atomic mass is 16.4. The van der Waals surface area contributed by atoms with Gasteiger partial charge in [0.25, 0.3) is 0 Å². The minimum absolute atomic E-state index is 0.0638. The molecule has 1 rings (SSSR count). The second-order valence-corrected chi connectivity index (χ2v) is 5.13. The van der Waals surface area contributed by atoms with E-state index >= 15 is 0 Å². The van der Waals surface area contributed by atoms with Crippen molar-refractivity contribution in [1.82, 2.24) is 10.2 Å². The molecule has 2 atom stereocenters. The summed E-state index contributed by atoms with van der Waals surface area (Å²) in [4.78, 5) is 24.9. The maximum atomic E-state index is 12.0. The van der Waals surface area contributed by atoms with Crippen LogP contribution in [0.2, 0.25) is 0 Å². The highest BCUT2D eigenvalue weighted by Crippen LogP contribution is 2.29. The van der Waals surface area contributed by atoms with Gasteiger partial charge in [-0.25, -0.2) is 9.59 Å². The minimum atomic E-state index is -0.958. The third-order valence-corrected chi connectivity index (χ3v) is 3.60. The van der Waals surface area contributed by atoms with Gasteiger partial charge in [0.15, 0.2) is 0 Å². The van der Waals surface area contributed by atoms with E-state index in [4.69, 9.17) is 5.11 Å². The Kier molecular flexibility index (Phi) is 5.44. The molecule has 5 heteroatoms. The van der Waals surface area contributed by atoms with Crippen LogP contribution in [0.3, 0.4) is 0 Å². The molecule has 5 nitrogen and oxygen atoms in total. The van der Waals surface area contributed by atoms with Crippen molar-refractivity contribution in [3.63, 3.8) is 0 Å². The molecule has 0 aliphatic heterocycles. The Balaban J connectivity index is 2.54. The Morgan fingerprint density at radius 3 is 2.39 bits per heavy atom. The molecule has 1 aliphatic carbocycles. The summed E-state index contributed by atoms with van der Waals surface area (Å²) in [5.41, 5.74) is 0. The second-order valence-electron chi connectivity index (χ2n) is 5.13. The van der Waals surface area contributed by atoms with Crippen LogP contribution >= 0.6 is 0 Å². The van der Waals surface area contributed by atoms with Gasteiger partial charge in [-0.15, -0.1) is 0 Å². The average molecular weight is 256 g/mol. The monoisotopic (exact) mass is 256 g/mol. The number of carboxylic acid groups (broad SMARTS) is 1. The summed E-state index contributed by atoms with van der Waals surface area (Å²) < 4.78 is 0. The smallest absolute Gasteiger partial charge is 0.326 e. The number of nitrogens with zero attached hydrogens (tertiary/aromatic N) is 1. The minimum Gasteiger partial charge on any atom is -0.480 e. The van der Waals surface area contributed by atoms with Gasteiger partial charge in [0, 0.05) is 13.1 Å². The summed E-state index contributed by atoms with van der Waals surface area (Å²) in [7, 11) is 0. The lowest BCUT2D eigenvalue weighted by Crippen LogP contribution is -2.51. The van der Waals surface area contributed by atoms with Crippen molar-refractivity contribution in [3.8, 4) is 0 Å². The number of amides is 2. The molecule has 2 unspecified atom stereocenters. The van der Waals surface area contributed by atoms with Crippen molar-refractivity contribution < 1.29 is 14.7 Å². The lowest BCUT2D eigenvalue weighted by atomic mass is 9.99. The van der Waals surface area contributed by atoms with Crippen LogP contribution in [0.25, 0.3) is 0 Å². The fourth-order valence-electron chi connectivity index (χ4n) is 1.88. The molecule has 0 aromatic carbocycles. The van der Waals surface area contributed by atoms with E-state index in [1.54, 1.807) is 4.90 Å². The molecule has 2 N–H and O–H groups in total. The summed E-state index contributed by atoms with van der Waals surface area (Å²) in [5, 5.41) is 11.8. The first-order valence-electron chi connectivity index (χ1n) is 6.77. The molecule has 0 bridgehead atoms. The van der Waals surface area contributed by atoms with Gasteiger partial charge in [0.1, 0.15) is 6.04 Å². The zero-order chi connectivity index (χ0) is 13.7. The van der Waals surface area contributed by atoms with Gasteiger partial charge in [0.2, 0.25) is 0 Å². The maximum absolute atomic E-state index is 12.0. The van der Waals surface area contributed by atoms with Crippen LogP contribution in [-0.2, 0) is 4.79 Å². The molecule has 0 aromatic rings. The highest BCUT2D eigenvalue weighted by Gasteiger charge is 2.30. The number of urea groups is 1. The molecule has 0 heterocycles. The molecular formula is C13H24N2O3. The third kappa shape index (κ3) is 4.20. The third-order valence-electron chi connectivity index (χ3n) is 3.60. The van der Waals surface area contributed by atoms with Crippen LogP contribution in [-0.4, -0.2) is 41.1 Å². The zero-order valence-corrected chi connectivity index (χ0v) is 11.5. The van der Waals surface area contributed by atoms with Crippen molar-refractivity contribution in [2.24, 2.45) is 11.8 Å². The Bertz CT molecular complexity index is 303. The topological polar surface area (TPSA) is 69.6 Å². The van der Waals surface area contributed by atoms with Gasteiger partial charge >= 0.3 is 12.0 Å². The average Bonchev–Trinajstić information content (AvgIpc) is 3.15. The normalized spacial score (nSPS) is 17.9. The molecule has 0 saturated heterocycles. The van der Waals surface area contributed by atoms with Crippen LogP contribution in [0.4, 0.5) is 4.79 Å². The molecular weight excluding hydrogens is 232 g/mol. The van der Waals surface area contributed by atoms with Crippen molar-refractivity contribution in [3.05, 3.63) is 0 Å².